The van der Waals surface area contributed by atoms with Gasteiger partial charge in [-0.2, -0.15) is 0 Å². The fourth-order valence-corrected chi connectivity index (χ4v) is 4.31. The molecule has 1 fully saturated rings. The minimum atomic E-state index is -0.532. The van der Waals surface area contributed by atoms with E-state index in [1.807, 2.05) is 42.5 Å². The van der Waals surface area contributed by atoms with Crippen LogP contribution in [0.15, 0.2) is 71.3 Å². The van der Waals surface area contributed by atoms with Gasteiger partial charge in [0.15, 0.2) is 5.76 Å². The first-order valence-corrected chi connectivity index (χ1v) is 10.4. The summed E-state index contributed by atoms with van der Waals surface area (Å²) in [5.74, 6) is -0.0438. The predicted octanol–water partition coefficient (Wildman–Crippen LogP) is 5.31. The maximum absolute atomic E-state index is 13.2. The van der Waals surface area contributed by atoms with Crippen molar-refractivity contribution in [2.75, 3.05) is 5.32 Å². The highest BCUT2D eigenvalue weighted by Crippen LogP contribution is 2.42. The molecule has 2 amide bonds. The van der Waals surface area contributed by atoms with Gasteiger partial charge in [0, 0.05) is 17.3 Å². The molecule has 1 aliphatic rings. The lowest BCUT2D eigenvalue weighted by molar-refractivity contribution is -0.126. The zero-order valence-corrected chi connectivity index (χ0v) is 17.2. The summed E-state index contributed by atoms with van der Waals surface area (Å²) in [6.45, 7) is 0.381. The molecule has 5 nitrogen and oxygen atoms in total. The average molecular weight is 423 g/mol. The Bertz CT molecular complexity index is 1040. The van der Waals surface area contributed by atoms with Gasteiger partial charge >= 0.3 is 0 Å². The molecule has 0 spiro atoms. The van der Waals surface area contributed by atoms with Crippen molar-refractivity contribution in [3.63, 3.8) is 0 Å². The van der Waals surface area contributed by atoms with E-state index in [2.05, 4.69) is 10.6 Å². The third kappa shape index (κ3) is 4.26. The summed E-state index contributed by atoms with van der Waals surface area (Å²) in [5.41, 5.74) is 1.99. The topological polar surface area (TPSA) is 71.3 Å². The van der Waals surface area contributed by atoms with Crippen LogP contribution in [0.1, 0.15) is 47.4 Å². The van der Waals surface area contributed by atoms with Gasteiger partial charge in [0.05, 0.1) is 11.7 Å². The Kier molecular flexibility index (Phi) is 5.91. The fraction of sp³-hybridized carbons (Fsp3) is 0.250. The Hall–Kier alpha value is -3.05. The lowest BCUT2D eigenvalue weighted by Gasteiger charge is -2.28. The monoisotopic (exact) mass is 422 g/mol. The maximum Gasteiger partial charge on any atom is 0.291 e. The third-order valence-electron chi connectivity index (χ3n) is 5.65. The number of halogens is 1. The second-order valence-electron chi connectivity index (χ2n) is 7.61. The van der Waals surface area contributed by atoms with Gasteiger partial charge < -0.3 is 15.1 Å². The summed E-state index contributed by atoms with van der Waals surface area (Å²) < 4.78 is 5.12. The molecule has 1 heterocycles. The van der Waals surface area contributed by atoms with E-state index in [0.717, 1.165) is 36.8 Å². The van der Waals surface area contributed by atoms with Crippen LogP contribution in [0.5, 0.6) is 0 Å². The molecular formula is C24H23ClN2O3. The molecule has 0 aliphatic heterocycles. The van der Waals surface area contributed by atoms with Crippen molar-refractivity contribution in [3.8, 4) is 0 Å². The van der Waals surface area contributed by atoms with Gasteiger partial charge in [0.1, 0.15) is 0 Å². The van der Waals surface area contributed by atoms with Crippen molar-refractivity contribution in [2.24, 2.45) is 0 Å². The van der Waals surface area contributed by atoms with E-state index in [-0.39, 0.29) is 17.6 Å². The van der Waals surface area contributed by atoms with Crippen LogP contribution >= 0.6 is 11.6 Å². The summed E-state index contributed by atoms with van der Waals surface area (Å²) >= 11 is 6.19. The van der Waals surface area contributed by atoms with Crippen molar-refractivity contribution in [2.45, 2.75) is 37.6 Å². The minimum Gasteiger partial charge on any atom is -0.459 e. The first-order chi connectivity index (χ1) is 14.6. The number of anilines is 1. The van der Waals surface area contributed by atoms with E-state index in [9.17, 15) is 9.59 Å². The summed E-state index contributed by atoms with van der Waals surface area (Å²) in [7, 11) is 0. The molecule has 30 heavy (non-hydrogen) atoms. The number of carbonyl (C=O) groups is 2. The van der Waals surface area contributed by atoms with Crippen LogP contribution in [0, 0.1) is 0 Å². The lowest BCUT2D eigenvalue weighted by Crippen LogP contribution is -2.42. The highest BCUT2D eigenvalue weighted by atomic mass is 35.5. The summed E-state index contributed by atoms with van der Waals surface area (Å²) in [4.78, 5) is 25.4. The van der Waals surface area contributed by atoms with Crippen molar-refractivity contribution in [3.05, 3.63) is 88.8 Å². The Morgan fingerprint density at radius 1 is 1.00 bits per heavy atom. The number of rotatable bonds is 6. The van der Waals surface area contributed by atoms with Gasteiger partial charge in [-0.3, -0.25) is 9.59 Å². The Morgan fingerprint density at radius 3 is 2.53 bits per heavy atom. The van der Waals surface area contributed by atoms with Crippen molar-refractivity contribution < 1.29 is 14.0 Å². The Morgan fingerprint density at radius 2 is 1.80 bits per heavy atom. The lowest BCUT2D eigenvalue weighted by atomic mass is 9.78. The maximum atomic E-state index is 13.2. The minimum absolute atomic E-state index is 0.0206. The number of hydrogen-bond acceptors (Lipinski definition) is 3. The molecule has 0 bridgehead atoms. The standard InChI is InChI=1S/C24H23ClN2O3/c25-19-8-4-7-18(15-19)24(11-1-2-12-24)23(29)26-16-17-6-3-9-20(14-17)27-22(28)21-10-5-13-30-21/h3-10,13-15H,1-2,11-12,16H2,(H,26,29)(H,27,28). The van der Waals surface area contributed by atoms with Crippen LogP contribution in [0.4, 0.5) is 5.69 Å². The largest absolute Gasteiger partial charge is 0.459 e. The molecule has 1 aromatic heterocycles. The summed E-state index contributed by atoms with van der Waals surface area (Å²) in [6, 6.07) is 18.3. The molecule has 1 saturated carbocycles. The molecule has 154 valence electrons. The van der Waals surface area contributed by atoms with Crippen LogP contribution in [0.3, 0.4) is 0 Å². The van der Waals surface area contributed by atoms with Crippen molar-refractivity contribution in [1.29, 1.82) is 0 Å². The smallest absolute Gasteiger partial charge is 0.291 e. The molecule has 3 aromatic rings. The van der Waals surface area contributed by atoms with E-state index in [1.54, 1.807) is 18.2 Å². The first-order valence-electron chi connectivity index (χ1n) is 10.0. The second kappa shape index (κ2) is 8.76. The quantitative estimate of drug-likeness (QED) is 0.565. The molecule has 2 aromatic carbocycles. The number of furan rings is 1. The molecule has 6 heteroatoms. The van der Waals surface area contributed by atoms with Crippen molar-refractivity contribution in [1.82, 2.24) is 5.32 Å². The van der Waals surface area contributed by atoms with E-state index in [1.165, 1.54) is 6.26 Å². The zero-order valence-electron chi connectivity index (χ0n) is 16.5. The molecule has 4 rings (SSSR count). The molecule has 0 saturated heterocycles. The zero-order chi connectivity index (χ0) is 21.0. The predicted molar refractivity (Wildman–Crippen MR) is 117 cm³/mol. The van der Waals surface area contributed by atoms with Crippen LogP contribution in [0.2, 0.25) is 5.02 Å². The van der Waals surface area contributed by atoms with E-state index >= 15 is 0 Å². The number of nitrogens with one attached hydrogen (secondary N) is 2. The fourth-order valence-electron chi connectivity index (χ4n) is 4.12. The SMILES string of the molecule is O=C(Nc1cccc(CNC(=O)C2(c3cccc(Cl)c3)CCCC2)c1)c1ccco1. The van der Waals surface area contributed by atoms with Gasteiger partial charge in [-0.1, -0.05) is 48.7 Å². The van der Waals surface area contributed by atoms with E-state index in [0.29, 0.717) is 17.3 Å². The second-order valence-corrected chi connectivity index (χ2v) is 8.05. The highest BCUT2D eigenvalue weighted by molar-refractivity contribution is 6.30. The van der Waals surface area contributed by atoms with Crippen LogP contribution in [-0.2, 0) is 16.8 Å². The molecule has 1 aliphatic carbocycles. The first kappa shape index (κ1) is 20.2. The summed E-state index contributed by atoms with van der Waals surface area (Å²) in [5, 5.41) is 6.55. The Labute approximate surface area is 180 Å². The van der Waals surface area contributed by atoms with Gasteiger partial charge in [-0.15, -0.1) is 0 Å². The van der Waals surface area contributed by atoms with Crippen LogP contribution < -0.4 is 10.6 Å². The van der Waals surface area contributed by atoms with E-state index < -0.39 is 5.41 Å². The van der Waals surface area contributed by atoms with Gasteiger partial charge in [0.2, 0.25) is 5.91 Å². The highest BCUT2D eigenvalue weighted by Gasteiger charge is 2.42. The van der Waals surface area contributed by atoms with Crippen LogP contribution in [0.25, 0.3) is 0 Å². The van der Waals surface area contributed by atoms with Gasteiger partial charge in [-0.05, 0) is 60.4 Å². The molecule has 2 N–H and O–H groups in total. The average Bonchev–Trinajstić information content (AvgIpc) is 3.45. The summed E-state index contributed by atoms with van der Waals surface area (Å²) in [6.07, 6.45) is 5.14. The van der Waals surface area contributed by atoms with Gasteiger partial charge in [-0.25, -0.2) is 0 Å². The van der Waals surface area contributed by atoms with Gasteiger partial charge in [0.25, 0.3) is 5.91 Å². The molecule has 0 unspecified atom stereocenters. The number of hydrogen-bond donors (Lipinski definition) is 2. The van der Waals surface area contributed by atoms with E-state index in [4.69, 9.17) is 16.0 Å². The Balaban J connectivity index is 1.45. The number of carbonyl (C=O) groups excluding carboxylic acids is 2. The van der Waals surface area contributed by atoms with Crippen molar-refractivity contribution >= 4 is 29.1 Å². The van der Waals surface area contributed by atoms with Crippen LogP contribution in [-0.4, -0.2) is 11.8 Å². The normalized spacial score (nSPS) is 15.0. The number of amides is 2. The molecular weight excluding hydrogens is 400 g/mol. The number of benzene rings is 2. The molecule has 0 radical (unpaired) electrons. The third-order valence-corrected chi connectivity index (χ3v) is 5.89. The molecule has 0 atom stereocenters.